The molecule has 0 aliphatic carbocycles. The number of hydrogen-bond donors (Lipinski definition) is 0. The van der Waals surface area contributed by atoms with Crippen LogP contribution in [-0.2, 0) is 11.2 Å². The molecule has 0 amide bonds. The van der Waals surface area contributed by atoms with Crippen LogP contribution in [0.25, 0.3) is 0 Å². The van der Waals surface area contributed by atoms with Crippen LogP contribution in [0.15, 0.2) is 35.3 Å². The van der Waals surface area contributed by atoms with Crippen LogP contribution in [-0.4, -0.2) is 6.08 Å². The van der Waals surface area contributed by atoms with Gasteiger partial charge in [-0.1, -0.05) is 62.4 Å². The van der Waals surface area contributed by atoms with E-state index < -0.39 is 0 Å². The molecule has 1 radical (unpaired) electrons. The van der Waals surface area contributed by atoms with Crippen LogP contribution in [0.2, 0.25) is 0 Å². The first kappa shape index (κ1) is 14.7. The molecule has 1 rings (SSSR count). The van der Waals surface area contributed by atoms with E-state index in [4.69, 9.17) is 0 Å². The standard InChI is InChI=1S/C16H22NO/c18-15-17-14-10-5-3-1-2-4-7-11-16-12-8-6-9-13-16/h6,8-9,12-14H,1-5,7,10-11H2. The maximum Gasteiger partial charge on any atom is 0.235 e. The molecule has 18 heavy (non-hydrogen) atoms. The summed E-state index contributed by atoms with van der Waals surface area (Å²) in [4.78, 5) is 13.2. The third-order valence-corrected chi connectivity index (χ3v) is 3.04. The SMILES string of the molecule is O=C=N[CH]CCCCCCCCc1ccccc1. The number of benzene rings is 1. The summed E-state index contributed by atoms with van der Waals surface area (Å²) >= 11 is 0. The van der Waals surface area contributed by atoms with Crippen molar-refractivity contribution in [2.75, 3.05) is 0 Å². The highest BCUT2D eigenvalue weighted by Gasteiger charge is 1.94. The highest BCUT2D eigenvalue weighted by molar-refractivity contribution is 5.33. The third kappa shape index (κ3) is 7.81. The second-order valence-electron chi connectivity index (χ2n) is 4.55. The molecule has 0 fully saturated rings. The average molecular weight is 244 g/mol. The Balaban J connectivity index is 1.86. The van der Waals surface area contributed by atoms with Crippen molar-refractivity contribution in [3.63, 3.8) is 0 Å². The topological polar surface area (TPSA) is 29.4 Å². The van der Waals surface area contributed by atoms with E-state index >= 15 is 0 Å². The van der Waals surface area contributed by atoms with Crippen molar-refractivity contribution >= 4 is 6.08 Å². The average Bonchev–Trinajstić information content (AvgIpc) is 2.42. The van der Waals surface area contributed by atoms with Gasteiger partial charge >= 0.3 is 0 Å². The molecule has 0 heterocycles. The number of unbranched alkanes of at least 4 members (excludes halogenated alkanes) is 6. The molecule has 0 aliphatic heterocycles. The number of hydrogen-bond acceptors (Lipinski definition) is 2. The van der Waals surface area contributed by atoms with Gasteiger partial charge in [0.1, 0.15) is 0 Å². The van der Waals surface area contributed by atoms with Crippen molar-refractivity contribution in [2.24, 2.45) is 4.99 Å². The fourth-order valence-corrected chi connectivity index (χ4v) is 2.02. The zero-order chi connectivity index (χ0) is 12.9. The van der Waals surface area contributed by atoms with E-state index in [0.29, 0.717) is 0 Å². The minimum atomic E-state index is 0.902. The van der Waals surface area contributed by atoms with Gasteiger partial charge in [-0.3, -0.25) is 0 Å². The van der Waals surface area contributed by atoms with Gasteiger partial charge in [-0.25, -0.2) is 9.79 Å². The number of aryl methyl sites for hydroxylation is 1. The summed E-state index contributed by atoms with van der Waals surface area (Å²) < 4.78 is 0. The summed E-state index contributed by atoms with van der Waals surface area (Å²) in [5, 5.41) is 0. The molecule has 2 heteroatoms. The second-order valence-corrected chi connectivity index (χ2v) is 4.55. The summed E-state index contributed by atoms with van der Waals surface area (Å²) in [6.45, 7) is 1.66. The van der Waals surface area contributed by atoms with Crippen LogP contribution in [0.1, 0.15) is 50.5 Å². The Kier molecular flexibility index (Phi) is 8.74. The molecule has 2 nitrogen and oxygen atoms in total. The highest BCUT2D eigenvalue weighted by atomic mass is 16.1. The van der Waals surface area contributed by atoms with Gasteiger partial charge in [-0.05, 0) is 24.8 Å². The highest BCUT2D eigenvalue weighted by Crippen LogP contribution is 2.11. The van der Waals surface area contributed by atoms with Gasteiger partial charge in [-0.15, -0.1) is 0 Å². The number of isocyanates is 1. The molecular weight excluding hydrogens is 222 g/mol. The molecule has 1 aromatic rings. The molecule has 0 aliphatic rings. The van der Waals surface area contributed by atoms with E-state index in [1.165, 1.54) is 50.2 Å². The molecule has 0 saturated carbocycles. The predicted octanol–water partition coefficient (Wildman–Crippen LogP) is 4.46. The Morgan fingerprint density at radius 1 is 0.944 bits per heavy atom. The number of carbonyl (C=O) groups excluding carboxylic acids is 1. The van der Waals surface area contributed by atoms with Gasteiger partial charge in [-0.2, -0.15) is 0 Å². The molecule has 0 bridgehead atoms. The van der Waals surface area contributed by atoms with E-state index in [1.54, 1.807) is 6.54 Å². The molecule has 0 N–H and O–H groups in total. The number of aliphatic imine (C=N–C) groups is 1. The number of rotatable bonds is 10. The Morgan fingerprint density at radius 2 is 1.61 bits per heavy atom. The van der Waals surface area contributed by atoms with E-state index in [-0.39, 0.29) is 0 Å². The minimum Gasteiger partial charge on any atom is -0.211 e. The molecule has 0 saturated heterocycles. The van der Waals surface area contributed by atoms with E-state index in [9.17, 15) is 4.79 Å². The minimum absolute atomic E-state index is 0.902. The zero-order valence-electron chi connectivity index (χ0n) is 11.0. The fourth-order valence-electron chi connectivity index (χ4n) is 2.02. The first-order valence-corrected chi connectivity index (χ1v) is 6.86. The van der Waals surface area contributed by atoms with Crippen LogP contribution in [0.4, 0.5) is 0 Å². The Bertz CT molecular complexity index is 341. The number of nitrogens with zero attached hydrogens (tertiary/aromatic N) is 1. The third-order valence-electron chi connectivity index (χ3n) is 3.04. The lowest BCUT2D eigenvalue weighted by atomic mass is 10.0. The zero-order valence-corrected chi connectivity index (χ0v) is 11.0. The molecule has 0 spiro atoms. The van der Waals surface area contributed by atoms with E-state index in [1.807, 2.05) is 0 Å². The molecule has 0 unspecified atom stereocenters. The molecule has 97 valence electrons. The van der Waals surface area contributed by atoms with Crippen LogP contribution < -0.4 is 0 Å². The van der Waals surface area contributed by atoms with Crippen LogP contribution in [0, 0.1) is 6.54 Å². The molecule has 0 atom stereocenters. The Labute approximate surface area is 110 Å². The maximum absolute atomic E-state index is 9.81. The van der Waals surface area contributed by atoms with Gasteiger partial charge in [0, 0.05) is 0 Å². The summed E-state index contributed by atoms with van der Waals surface area (Å²) in [6.07, 6.45) is 11.2. The fraction of sp³-hybridized carbons (Fsp3) is 0.500. The maximum atomic E-state index is 9.81. The first-order valence-electron chi connectivity index (χ1n) is 6.86. The lowest BCUT2D eigenvalue weighted by Crippen LogP contribution is -1.86. The lowest BCUT2D eigenvalue weighted by Gasteiger charge is -2.02. The largest absolute Gasteiger partial charge is 0.235 e. The van der Waals surface area contributed by atoms with Gasteiger partial charge in [0.25, 0.3) is 0 Å². The summed E-state index contributed by atoms with van der Waals surface area (Å²) in [6, 6.07) is 10.7. The smallest absolute Gasteiger partial charge is 0.211 e. The Morgan fingerprint density at radius 3 is 2.33 bits per heavy atom. The van der Waals surface area contributed by atoms with Crippen LogP contribution in [0.3, 0.4) is 0 Å². The van der Waals surface area contributed by atoms with Crippen LogP contribution >= 0.6 is 0 Å². The van der Waals surface area contributed by atoms with Crippen molar-refractivity contribution in [3.05, 3.63) is 42.4 Å². The van der Waals surface area contributed by atoms with Crippen molar-refractivity contribution in [2.45, 2.75) is 51.4 Å². The van der Waals surface area contributed by atoms with Crippen molar-refractivity contribution in [1.29, 1.82) is 0 Å². The monoisotopic (exact) mass is 244 g/mol. The van der Waals surface area contributed by atoms with Crippen molar-refractivity contribution < 1.29 is 4.79 Å². The van der Waals surface area contributed by atoms with Crippen molar-refractivity contribution in [3.8, 4) is 0 Å². The normalized spacial score (nSPS) is 10.0. The van der Waals surface area contributed by atoms with Crippen LogP contribution in [0.5, 0.6) is 0 Å². The van der Waals surface area contributed by atoms with Gasteiger partial charge in [0.05, 0.1) is 6.54 Å². The van der Waals surface area contributed by atoms with Gasteiger partial charge in [0.15, 0.2) is 0 Å². The second kappa shape index (κ2) is 10.7. The van der Waals surface area contributed by atoms with E-state index in [2.05, 4.69) is 35.3 Å². The molecule has 1 aromatic carbocycles. The van der Waals surface area contributed by atoms with Crippen molar-refractivity contribution in [1.82, 2.24) is 0 Å². The Hall–Kier alpha value is -1.40. The summed E-state index contributed by atoms with van der Waals surface area (Å²) in [5.41, 5.74) is 1.44. The molecule has 0 aromatic heterocycles. The molecular formula is C16H22NO. The predicted molar refractivity (Wildman–Crippen MR) is 74.9 cm³/mol. The lowest BCUT2D eigenvalue weighted by molar-refractivity contribution is 0.562. The van der Waals surface area contributed by atoms with Gasteiger partial charge < -0.3 is 0 Å². The first-order chi connectivity index (χ1) is 8.93. The van der Waals surface area contributed by atoms with E-state index in [0.717, 1.165) is 12.8 Å². The summed E-state index contributed by atoms with van der Waals surface area (Å²) in [7, 11) is 0. The summed E-state index contributed by atoms with van der Waals surface area (Å²) in [5.74, 6) is 0. The van der Waals surface area contributed by atoms with Gasteiger partial charge in [0.2, 0.25) is 6.08 Å². The quantitative estimate of drug-likeness (QED) is 0.339.